The molecule has 2 nitrogen and oxygen atoms in total. The van der Waals surface area contributed by atoms with Crippen LogP contribution in [0.2, 0.25) is 0 Å². The van der Waals surface area contributed by atoms with Crippen molar-refractivity contribution in [2.45, 2.75) is 13.8 Å². The van der Waals surface area contributed by atoms with Crippen LogP contribution in [0.5, 0.6) is 5.75 Å². The fraction of sp³-hybridized carbons (Fsp3) is 0.143. The monoisotopic (exact) mass is 291 g/mol. The van der Waals surface area contributed by atoms with E-state index in [9.17, 15) is 5.11 Å². The molecular weight excluding hydrogens is 278 g/mol. The fourth-order valence-corrected chi connectivity index (χ4v) is 2.42. The number of hydrogen-bond acceptors (Lipinski definition) is 2. The third-order valence-corrected chi connectivity index (χ3v) is 3.31. The third kappa shape index (κ3) is 2.29. The average molecular weight is 292 g/mol. The number of aryl methyl sites for hydroxylation is 2. The van der Waals surface area contributed by atoms with Gasteiger partial charge in [0.1, 0.15) is 5.75 Å². The van der Waals surface area contributed by atoms with E-state index in [-0.39, 0.29) is 5.75 Å². The molecule has 2 aromatic carbocycles. The normalized spacial score (nSPS) is 10.5. The summed E-state index contributed by atoms with van der Waals surface area (Å²) in [4.78, 5) is 0. The molecule has 0 heterocycles. The second kappa shape index (κ2) is 4.41. The summed E-state index contributed by atoms with van der Waals surface area (Å²) in [5, 5.41) is 10.1. The van der Waals surface area contributed by atoms with Crippen LogP contribution < -0.4 is 5.73 Å². The molecule has 0 unspecified atom stereocenters. The molecule has 0 saturated carbocycles. The van der Waals surface area contributed by atoms with E-state index < -0.39 is 0 Å². The summed E-state index contributed by atoms with van der Waals surface area (Å²) in [5.74, 6) is 0.230. The van der Waals surface area contributed by atoms with Gasteiger partial charge in [-0.1, -0.05) is 11.6 Å². The minimum absolute atomic E-state index is 0.230. The Labute approximate surface area is 109 Å². The molecule has 2 aromatic rings. The highest BCUT2D eigenvalue weighted by Gasteiger charge is 2.11. The molecule has 2 rings (SSSR count). The lowest BCUT2D eigenvalue weighted by atomic mass is 9.99. The quantitative estimate of drug-likeness (QED) is 0.780. The van der Waals surface area contributed by atoms with Gasteiger partial charge in [0.2, 0.25) is 0 Å². The van der Waals surface area contributed by atoms with Crippen molar-refractivity contribution in [3.8, 4) is 16.9 Å². The van der Waals surface area contributed by atoms with Gasteiger partial charge in [0.25, 0.3) is 0 Å². The second-order valence-electron chi connectivity index (χ2n) is 4.23. The van der Waals surface area contributed by atoms with Gasteiger partial charge in [0, 0.05) is 16.8 Å². The van der Waals surface area contributed by atoms with Gasteiger partial charge in [-0.15, -0.1) is 0 Å². The largest absolute Gasteiger partial charge is 0.506 e. The van der Waals surface area contributed by atoms with Crippen molar-refractivity contribution in [1.29, 1.82) is 0 Å². The highest BCUT2D eigenvalue weighted by molar-refractivity contribution is 9.10. The van der Waals surface area contributed by atoms with E-state index >= 15 is 0 Å². The predicted octanol–water partition coefficient (Wildman–Crippen LogP) is 4.02. The molecule has 0 radical (unpaired) electrons. The Morgan fingerprint density at radius 1 is 1.00 bits per heavy atom. The van der Waals surface area contributed by atoms with Crippen molar-refractivity contribution in [3.05, 3.63) is 45.9 Å². The smallest absolute Gasteiger partial charge is 0.137 e. The predicted molar refractivity (Wildman–Crippen MR) is 75.1 cm³/mol. The first kappa shape index (κ1) is 12.0. The highest BCUT2D eigenvalue weighted by atomic mass is 79.9. The summed E-state index contributed by atoms with van der Waals surface area (Å²) in [6.45, 7) is 3.99. The van der Waals surface area contributed by atoms with Crippen molar-refractivity contribution < 1.29 is 5.11 Å². The van der Waals surface area contributed by atoms with Gasteiger partial charge in [-0.2, -0.15) is 0 Å². The topological polar surface area (TPSA) is 46.2 Å². The van der Waals surface area contributed by atoms with Crippen LogP contribution in [-0.4, -0.2) is 5.11 Å². The molecular formula is C14H14BrNO. The first-order valence-corrected chi connectivity index (χ1v) is 6.14. The fourth-order valence-electron chi connectivity index (χ4n) is 1.84. The molecule has 0 saturated heterocycles. The van der Waals surface area contributed by atoms with Crippen LogP contribution in [-0.2, 0) is 0 Å². The molecule has 0 aliphatic heterocycles. The van der Waals surface area contributed by atoms with E-state index in [2.05, 4.69) is 15.9 Å². The van der Waals surface area contributed by atoms with E-state index in [0.29, 0.717) is 10.2 Å². The number of benzene rings is 2. The first-order valence-electron chi connectivity index (χ1n) is 5.34. The van der Waals surface area contributed by atoms with Gasteiger partial charge < -0.3 is 10.8 Å². The lowest BCUT2D eigenvalue weighted by Gasteiger charge is -2.11. The molecule has 0 aliphatic carbocycles. The Morgan fingerprint density at radius 2 is 1.65 bits per heavy atom. The first-order chi connectivity index (χ1) is 7.99. The molecule has 0 aromatic heterocycles. The zero-order valence-electron chi connectivity index (χ0n) is 9.79. The van der Waals surface area contributed by atoms with Crippen LogP contribution in [0.15, 0.2) is 34.8 Å². The summed E-state index contributed by atoms with van der Waals surface area (Å²) in [6.07, 6.45) is 0. The SMILES string of the molecule is Cc1ccc(N)c(-c2cc(C)cc(Br)c2O)c1. The van der Waals surface area contributed by atoms with Crippen LogP contribution in [0.4, 0.5) is 5.69 Å². The zero-order chi connectivity index (χ0) is 12.6. The van der Waals surface area contributed by atoms with Crippen molar-refractivity contribution >= 4 is 21.6 Å². The van der Waals surface area contributed by atoms with E-state index in [1.165, 1.54) is 0 Å². The van der Waals surface area contributed by atoms with Gasteiger partial charge in [-0.3, -0.25) is 0 Å². The van der Waals surface area contributed by atoms with Crippen LogP contribution >= 0.6 is 15.9 Å². The number of halogens is 1. The van der Waals surface area contributed by atoms with Crippen LogP contribution in [0, 0.1) is 13.8 Å². The number of phenols is 1. The van der Waals surface area contributed by atoms with Crippen LogP contribution in [0.25, 0.3) is 11.1 Å². The molecule has 17 heavy (non-hydrogen) atoms. The van der Waals surface area contributed by atoms with Crippen LogP contribution in [0.3, 0.4) is 0 Å². The third-order valence-electron chi connectivity index (χ3n) is 2.71. The summed E-state index contributed by atoms with van der Waals surface area (Å²) in [7, 11) is 0. The summed E-state index contributed by atoms with van der Waals surface area (Å²) in [6, 6.07) is 9.62. The number of phenolic OH excluding ortho intramolecular Hbond substituents is 1. The Bertz CT molecular complexity index is 579. The number of hydrogen-bond donors (Lipinski definition) is 2. The minimum Gasteiger partial charge on any atom is -0.506 e. The van der Waals surface area contributed by atoms with Gasteiger partial charge in [-0.05, 0) is 59.6 Å². The molecule has 0 aliphatic rings. The Kier molecular flexibility index (Phi) is 3.11. The molecule has 0 fully saturated rings. The molecule has 0 bridgehead atoms. The molecule has 3 heteroatoms. The summed E-state index contributed by atoms with van der Waals surface area (Å²) < 4.78 is 0.688. The molecule has 0 atom stereocenters. The number of anilines is 1. The molecule has 0 spiro atoms. The van der Waals surface area contributed by atoms with Gasteiger partial charge in [0.05, 0.1) is 4.47 Å². The maximum Gasteiger partial charge on any atom is 0.137 e. The van der Waals surface area contributed by atoms with Crippen molar-refractivity contribution in [2.75, 3.05) is 5.73 Å². The average Bonchev–Trinajstić information content (AvgIpc) is 2.27. The van der Waals surface area contributed by atoms with Crippen molar-refractivity contribution in [2.24, 2.45) is 0 Å². The maximum atomic E-state index is 10.1. The van der Waals surface area contributed by atoms with Gasteiger partial charge in [-0.25, -0.2) is 0 Å². The van der Waals surface area contributed by atoms with E-state index in [0.717, 1.165) is 22.3 Å². The molecule has 3 N–H and O–H groups in total. The van der Waals surface area contributed by atoms with E-state index in [1.807, 2.05) is 44.2 Å². The van der Waals surface area contributed by atoms with Crippen molar-refractivity contribution in [1.82, 2.24) is 0 Å². The Balaban J connectivity index is 2.72. The minimum atomic E-state index is 0.230. The number of nitrogen functional groups attached to an aromatic ring is 1. The summed E-state index contributed by atoms with van der Waals surface area (Å²) in [5.41, 5.74) is 10.5. The molecule has 0 amide bonds. The highest BCUT2D eigenvalue weighted by Crippen LogP contribution is 2.39. The van der Waals surface area contributed by atoms with Gasteiger partial charge >= 0.3 is 0 Å². The Morgan fingerprint density at radius 3 is 2.35 bits per heavy atom. The van der Waals surface area contributed by atoms with Gasteiger partial charge in [0.15, 0.2) is 0 Å². The van der Waals surface area contributed by atoms with E-state index in [4.69, 9.17) is 5.73 Å². The van der Waals surface area contributed by atoms with Crippen LogP contribution in [0.1, 0.15) is 11.1 Å². The van der Waals surface area contributed by atoms with E-state index in [1.54, 1.807) is 0 Å². The number of nitrogens with two attached hydrogens (primary N) is 1. The zero-order valence-corrected chi connectivity index (χ0v) is 11.4. The van der Waals surface area contributed by atoms with Crippen molar-refractivity contribution in [3.63, 3.8) is 0 Å². The summed E-state index contributed by atoms with van der Waals surface area (Å²) >= 11 is 3.35. The standard InChI is InChI=1S/C14H14BrNO/c1-8-3-4-13(16)10(5-8)11-6-9(2)7-12(15)14(11)17/h3-7,17H,16H2,1-2H3. The Hall–Kier alpha value is -1.48. The lowest BCUT2D eigenvalue weighted by Crippen LogP contribution is -1.92. The number of aromatic hydroxyl groups is 1. The number of rotatable bonds is 1. The molecule has 88 valence electrons. The maximum absolute atomic E-state index is 10.1. The lowest BCUT2D eigenvalue weighted by molar-refractivity contribution is 0.474. The second-order valence-corrected chi connectivity index (χ2v) is 5.09.